The zero-order valence-corrected chi connectivity index (χ0v) is 21.8. The molecule has 0 radical (unpaired) electrons. The van der Waals surface area contributed by atoms with Gasteiger partial charge in [-0.2, -0.15) is 15.5 Å². The molecule has 37 heavy (non-hydrogen) atoms. The Morgan fingerprint density at radius 3 is 2.70 bits per heavy atom. The van der Waals surface area contributed by atoms with E-state index in [0.717, 1.165) is 46.3 Å². The van der Waals surface area contributed by atoms with Crippen molar-refractivity contribution in [3.05, 3.63) is 53.3 Å². The topological polar surface area (TPSA) is 107 Å². The largest absolute Gasteiger partial charge is 0.496 e. The molecule has 190 valence electrons. The highest BCUT2D eigenvalue weighted by Crippen LogP contribution is 2.41. The molecule has 0 bridgehead atoms. The molecule has 2 aromatic heterocycles. The Morgan fingerprint density at radius 2 is 1.97 bits per heavy atom. The van der Waals surface area contributed by atoms with Crippen LogP contribution in [0.25, 0.3) is 33.3 Å². The van der Waals surface area contributed by atoms with Crippen molar-refractivity contribution in [3.63, 3.8) is 0 Å². The van der Waals surface area contributed by atoms with Crippen molar-refractivity contribution in [2.45, 2.75) is 32.2 Å². The first-order valence-electron chi connectivity index (χ1n) is 12.2. The fourth-order valence-electron chi connectivity index (χ4n) is 5.09. The number of carbonyl (C=O) groups is 1. The average Bonchev–Trinajstić information content (AvgIpc) is 3.49. The van der Waals surface area contributed by atoms with Gasteiger partial charge in [-0.3, -0.25) is 14.2 Å². The minimum absolute atomic E-state index is 0.141. The molecule has 2 aromatic carbocycles. The van der Waals surface area contributed by atoms with E-state index >= 15 is 0 Å². The highest BCUT2D eigenvalue weighted by atomic mass is 16.5. The summed E-state index contributed by atoms with van der Waals surface area (Å²) in [6, 6.07) is 10.1. The summed E-state index contributed by atoms with van der Waals surface area (Å²) in [5.74, 6) is 0.362. The van der Waals surface area contributed by atoms with Gasteiger partial charge < -0.3 is 14.8 Å². The van der Waals surface area contributed by atoms with Crippen LogP contribution in [0.4, 0.5) is 0 Å². The number of amides is 1. The van der Waals surface area contributed by atoms with E-state index in [-0.39, 0.29) is 11.3 Å². The third-order valence-electron chi connectivity index (χ3n) is 7.00. The van der Waals surface area contributed by atoms with Crippen LogP contribution in [-0.4, -0.2) is 52.8 Å². The third-order valence-corrected chi connectivity index (χ3v) is 7.00. The van der Waals surface area contributed by atoms with E-state index in [9.17, 15) is 10.1 Å². The van der Waals surface area contributed by atoms with Gasteiger partial charge in [0.1, 0.15) is 5.75 Å². The van der Waals surface area contributed by atoms with Crippen molar-refractivity contribution in [2.75, 3.05) is 27.4 Å². The number of nitriles is 1. The molecule has 1 amide bonds. The van der Waals surface area contributed by atoms with Crippen LogP contribution in [-0.2, 0) is 23.7 Å². The number of hydrogen-bond acceptors (Lipinski definition) is 6. The molecular formula is C28H30N6O3. The van der Waals surface area contributed by atoms with E-state index in [1.54, 1.807) is 25.1 Å². The van der Waals surface area contributed by atoms with Gasteiger partial charge in [-0.15, -0.1) is 0 Å². The first-order chi connectivity index (χ1) is 17.8. The van der Waals surface area contributed by atoms with Crippen LogP contribution in [0.15, 0.2) is 36.7 Å². The lowest BCUT2D eigenvalue weighted by molar-refractivity contribution is 0.0926. The molecule has 0 spiro atoms. The van der Waals surface area contributed by atoms with E-state index in [4.69, 9.17) is 14.6 Å². The summed E-state index contributed by atoms with van der Waals surface area (Å²) in [6.45, 7) is 6.15. The van der Waals surface area contributed by atoms with E-state index in [1.807, 2.05) is 42.2 Å². The molecule has 9 heteroatoms. The summed E-state index contributed by atoms with van der Waals surface area (Å²) in [7, 11) is 5.12. The second-order valence-electron chi connectivity index (χ2n) is 10.0. The van der Waals surface area contributed by atoms with Gasteiger partial charge in [0.2, 0.25) is 0 Å². The maximum Gasteiger partial charge on any atom is 0.255 e. The van der Waals surface area contributed by atoms with Crippen LogP contribution in [0.5, 0.6) is 5.75 Å². The van der Waals surface area contributed by atoms with Gasteiger partial charge in [-0.1, -0.05) is 13.8 Å². The van der Waals surface area contributed by atoms with Gasteiger partial charge in [0, 0.05) is 62.0 Å². The van der Waals surface area contributed by atoms with Gasteiger partial charge >= 0.3 is 0 Å². The van der Waals surface area contributed by atoms with E-state index in [1.165, 1.54) is 0 Å². The second-order valence-corrected chi connectivity index (χ2v) is 10.0. The number of nitrogens with zero attached hydrogens (tertiary/aromatic N) is 5. The fourth-order valence-corrected chi connectivity index (χ4v) is 5.09. The quantitative estimate of drug-likeness (QED) is 0.386. The summed E-state index contributed by atoms with van der Waals surface area (Å²) in [5, 5.41) is 23.1. The molecule has 9 nitrogen and oxygen atoms in total. The molecule has 5 rings (SSSR count). The molecule has 0 atom stereocenters. The maximum absolute atomic E-state index is 12.7. The first kappa shape index (κ1) is 24.5. The summed E-state index contributed by atoms with van der Waals surface area (Å²) >= 11 is 0. The number of hydrogen-bond donors (Lipinski definition) is 1. The fraction of sp³-hybridized carbons (Fsp3) is 0.357. The van der Waals surface area contributed by atoms with Gasteiger partial charge in [0.15, 0.2) is 0 Å². The van der Waals surface area contributed by atoms with Gasteiger partial charge in [0.25, 0.3) is 5.91 Å². The highest BCUT2D eigenvalue weighted by Gasteiger charge is 2.35. The monoisotopic (exact) mass is 498 g/mol. The van der Waals surface area contributed by atoms with E-state index in [2.05, 4.69) is 30.3 Å². The Labute approximate surface area is 215 Å². The van der Waals surface area contributed by atoms with Crippen LogP contribution in [0, 0.1) is 11.3 Å². The molecule has 1 aliphatic rings. The zero-order valence-electron chi connectivity index (χ0n) is 21.8. The van der Waals surface area contributed by atoms with Crippen molar-refractivity contribution in [1.29, 1.82) is 5.26 Å². The lowest BCUT2D eigenvalue weighted by atomic mass is 9.77. The van der Waals surface area contributed by atoms with Crippen LogP contribution in [0.2, 0.25) is 0 Å². The van der Waals surface area contributed by atoms with Gasteiger partial charge in [-0.05, 0) is 41.8 Å². The predicted molar refractivity (Wildman–Crippen MR) is 140 cm³/mol. The molecule has 3 heterocycles. The van der Waals surface area contributed by atoms with Crippen LogP contribution >= 0.6 is 0 Å². The Morgan fingerprint density at radius 1 is 1.16 bits per heavy atom. The second kappa shape index (κ2) is 9.37. The molecule has 0 fully saturated rings. The standard InChI is InChI=1S/C28H30N6O3/c1-28(2)16-30-27(35)25-21(28)10-18(12-23(25)37-5)26-24-19(13-29)9-17(11-22(24)32-33(26)3)20-14-31-34(15-20)7-6-8-36-4/h9-12,14-15H,6-8,16H2,1-5H3,(H,30,35). The Kier molecular flexibility index (Phi) is 6.21. The summed E-state index contributed by atoms with van der Waals surface area (Å²) in [4.78, 5) is 12.7. The molecule has 0 unspecified atom stereocenters. The third kappa shape index (κ3) is 4.23. The number of methoxy groups -OCH3 is 2. The Balaban J connectivity index is 1.65. The predicted octanol–water partition coefficient (Wildman–Crippen LogP) is 4.04. The Bertz CT molecular complexity index is 1560. The summed E-state index contributed by atoms with van der Waals surface area (Å²) < 4.78 is 14.5. The van der Waals surface area contributed by atoms with Gasteiger partial charge in [-0.25, -0.2) is 0 Å². The lowest BCUT2D eigenvalue weighted by Gasteiger charge is -2.33. The molecule has 0 saturated heterocycles. The molecule has 1 aliphatic heterocycles. The normalized spacial score (nSPS) is 14.3. The number of nitrogens with one attached hydrogen (secondary N) is 1. The molecule has 0 aliphatic carbocycles. The SMILES string of the molecule is COCCCn1cc(-c2cc(C#N)c3c(-c4cc(OC)c5c(c4)C(C)(C)CNC5=O)n(C)nc3c2)cn1. The molecule has 0 saturated carbocycles. The Hall–Kier alpha value is -4.16. The number of fused-ring (bicyclic) bond motifs is 2. The summed E-state index contributed by atoms with van der Waals surface area (Å²) in [5.41, 5.74) is 5.88. The van der Waals surface area contributed by atoms with Crippen molar-refractivity contribution in [1.82, 2.24) is 24.9 Å². The zero-order chi connectivity index (χ0) is 26.3. The average molecular weight is 499 g/mol. The van der Waals surface area contributed by atoms with Gasteiger partial charge in [0.05, 0.1) is 41.7 Å². The molecule has 4 aromatic rings. The summed E-state index contributed by atoms with van der Waals surface area (Å²) in [6.07, 6.45) is 4.65. The van der Waals surface area contributed by atoms with Crippen molar-refractivity contribution < 1.29 is 14.3 Å². The van der Waals surface area contributed by atoms with Crippen molar-refractivity contribution >= 4 is 16.8 Å². The van der Waals surface area contributed by atoms with Crippen molar-refractivity contribution in [3.8, 4) is 34.2 Å². The van der Waals surface area contributed by atoms with Crippen LogP contribution in [0.1, 0.15) is 41.8 Å². The number of ether oxygens (including phenoxy) is 2. The smallest absolute Gasteiger partial charge is 0.255 e. The molecule has 1 N–H and O–H groups in total. The van der Waals surface area contributed by atoms with Crippen LogP contribution in [0.3, 0.4) is 0 Å². The number of aryl methyl sites for hydroxylation is 2. The number of carbonyl (C=O) groups excluding carboxylic acids is 1. The maximum atomic E-state index is 12.7. The molecular weight excluding hydrogens is 468 g/mol. The number of rotatable bonds is 7. The van der Waals surface area contributed by atoms with Crippen LogP contribution < -0.4 is 10.1 Å². The van der Waals surface area contributed by atoms with E-state index in [0.29, 0.717) is 35.5 Å². The van der Waals surface area contributed by atoms with Crippen molar-refractivity contribution in [2.24, 2.45) is 7.05 Å². The highest BCUT2D eigenvalue weighted by molar-refractivity contribution is 6.03. The number of benzene rings is 2. The minimum atomic E-state index is -0.282. The first-order valence-corrected chi connectivity index (χ1v) is 12.2. The minimum Gasteiger partial charge on any atom is -0.496 e. The number of aromatic nitrogens is 4. The lowest BCUT2D eigenvalue weighted by Crippen LogP contribution is -2.43. The van der Waals surface area contributed by atoms with E-state index < -0.39 is 0 Å².